The third-order valence-corrected chi connectivity index (χ3v) is 3.28. The van der Waals surface area contributed by atoms with Gasteiger partial charge in [0, 0.05) is 5.92 Å². The van der Waals surface area contributed by atoms with Gasteiger partial charge < -0.3 is 10.8 Å². The fourth-order valence-electron chi connectivity index (χ4n) is 1.47. The van der Waals surface area contributed by atoms with E-state index >= 15 is 0 Å². The first-order valence-corrected chi connectivity index (χ1v) is 5.52. The topological polar surface area (TPSA) is 59.1 Å². The van der Waals surface area contributed by atoms with Gasteiger partial charge in [-0.15, -0.1) is 11.3 Å². The Morgan fingerprint density at radius 2 is 2.46 bits per heavy atom. The van der Waals surface area contributed by atoms with Crippen molar-refractivity contribution in [3.63, 3.8) is 0 Å². The minimum atomic E-state index is -0.395. The molecule has 4 heteroatoms. The second kappa shape index (κ2) is 3.74. The molecule has 0 radical (unpaired) electrons. The van der Waals surface area contributed by atoms with Crippen LogP contribution in [0.1, 0.15) is 41.9 Å². The molecule has 1 aliphatic rings. The van der Waals surface area contributed by atoms with Crippen LogP contribution in [0.15, 0.2) is 5.51 Å². The summed E-state index contributed by atoms with van der Waals surface area (Å²) in [4.78, 5) is 5.33. The lowest BCUT2D eigenvalue weighted by atomic mass is 10.1. The largest absolute Gasteiger partial charge is 0.387 e. The van der Waals surface area contributed by atoms with Gasteiger partial charge in [-0.25, -0.2) is 4.98 Å². The van der Waals surface area contributed by atoms with E-state index in [1.54, 1.807) is 11.3 Å². The van der Waals surface area contributed by atoms with Gasteiger partial charge in [-0.3, -0.25) is 0 Å². The van der Waals surface area contributed by atoms with Crippen molar-refractivity contribution in [1.29, 1.82) is 0 Å². The number of aliphatic hydroxyl groups is 1. The van der Waals surface area contributed by atoms with Gasteiger partial charge in [-0.2, -0.15) is 0 Å². The number of aromatic nitrogens is 1. The smallest absolute Gasteiger partial charge is 0.0913 e. The Labute approximate surface area is 81.6 Å². The third kappa shape index (κ3) is 1.90. The molecule has 0 aromatic carbocycles. The van der Waals surface area contributed by atoms with Crippen molar-refractivity contribution in [3.8, 4) is 0 Å². The Kier molecular flexibility index (Phi) is 2.62. The molecule has 0 saturated heterocycles. The Bertz CT molecular complexity index is 283. The summed E-state index contributed by atoms with van der Waals surface area (Å²) in [5, 5.41) is 9.76. The Hall–Kier alpha value is -0.450. The van der Waals surface area contributed by atoms with Gasteiger partial charge >= 0.3 is 0 Å². The zero-order valence-corrected chi connectivity index (χ0v) is 8.26. The highest BCUT2D eigenvalue weighted by molar-refractivity contribution is 7.09. The number of hydrogen-bond donors (Lipinski definition) is 2. The standard InChI is InChI=1S/C9H14N2OS/c10-4-3-7(12)9-8(6-1-2-6)11-5-13-9/h5-7,12H,1-4,10H2/t7-/m1/s1. The van der Waals surface area contributed by atoms with Crippen LogP contribution in [-0.4, -0.2) is 16.6 Å². The molecule has 0 unspecified atom stereocenters. The monoisotopic (exact) mass is 198 g/mol. The van der Waals surface area contributed by atoms with Crippen molar-refractivity contribution < 1.29 is 5.11 Å². The van der Waals surface area contributed by atoms with Crippen LogP contribution in [0.2, 0.25) is 0 Å². The maximum absolute atomic E-state index is 9.76. The van der Waals surface area contributed by atoms with E-state index in [1.165, 1.54) is 12.8 Å². The summed E-state index contributed by atoms with van der Waals surface area (Å²) >= 11 is 1.55. The molecule has 3 nitrogen and oxygen atoms in total. The minimum absolute atomic E-state index is 0.395. The molecule has 72 valence electrons. The molecule has 0 bridgehead atoms. The van der Waals surface area contributed by atoms with Crippen molar-refractivity contribution in [3.05, 3.63) is 16.1 Å². The molecule has 1 fully saturated rings. The highest BCUT2D eigenvalue weighted by Crippen LogP contribution is 2.43. The predicted octanol–water partition coefficient (Wildman–Crippen LogP) is 1.40. The average molecular weight is 198 g/mol. The zero-order chi connectivity index (χ0) is 9.26. The molecule has 1 aromatic rings. The lowest BCUT2D eigenvalue weighted by molar-refractivity contribution is 0.173. The maximum atomic E-state index is 9.76. The fourth-order valence-corrected chi connectivity index (χ4v) is 2.36. The fraction of sp³-hybridized carbons (Fsp3) is 0.667. The van der Waals surface area contributed by atoms with Crippen molar-refractivity contribution in [2.24, 2.45) is 5.73 Å². The number of nitrogens with zero attached hydrogens (tertiary/aromatic N) is 1. The van der Waals surface area contributed by atoms with Crippen LogP contribution >= 0.6 is 11.3 Å². The van der Waals surface area contributed by atoms with Crippen molar-refractivity contribution in [1.82, 2.24) is 4.98 Å². The summed E-state index contributed by atoms with van der Waals surface area (Å²) in [5.41, 5.74) is 8.34. The van der Waals surface area contributed by atoms with Gasteiger partial charge in [-0.1, -0.05) is 0 Å². The zero-order valence-electron chi connectivity index (χ0n) is 7.44. The van der Waals surface area contributed by atoms with Gasteiger partial charge in [-0.05, 0) is 25.8 Å². The van der Waals surface area contributed by atoms with Gasteiger partial charge in [0.05, 0.1) is 22.2 Å². The molecular weight excluding hydrogens is 184 g/mol. The normalized spacial score (nSPS) is 18.9. The minimum Gasteiger partial charge on any atom is -0.387 e. The van der Waals surface area contributed by atoms with Crippen LogP contribution in [0, 0.1) is 0 Å². The predicted molar refractivity (Wildman–Crippen MR) is 52.7 cm³/mol. The number of aliphatic hydroxyl groups excluding tert-OH is 1. The van der Waals surface area contributed by atoms with E-state index < -0.39 is 6.10 Å². The average Bonchev–Trinajstić information content (AvgIpc) is 2.84. The molecule has 1 aliphatic carbocycles. The molecule has 1 heterocycles. The maximum Gasteiger partial charge on any atom is 0.0913 e. The SMILES string of the molecule is NCC[C@@H](O)c1scnc1C1CC1. The molecule has 2 rings (SSSR count). The molecule has 3 N–H and O–H groups in total. The van der Waals surface area contributed by atoms with Crippen molar-refractivity contribution in [2.45, 2.75) is 31.3 Å². The van der Waals surface area contributed by atoms with Crippen LogP contribution in [0.4, 0.5) is 0 Å². The summed E-state index contributed by atoms with van der Waals surface area (Å²) < 4.78 is 0. The number of hydrogen-bond acceptors (Lipinski definition) is 4. The van der Waals surface area contributed by atoms with Gasteiger partial charge in [0.1, 0.15) is 0 Å². The quantitative estimate of drug-likeness (QED) is 0.769. The first kappa shape index (κ1) is 9.12. The van der Waals surface area contributed by atoms with E-state index in [4.69, 9.17) is 5.73 Å². The van der Waals surface area contributed by atoms with Crippen LogP contribution < -0.4 is 5.73 Å². The lowest BCUT2D eigenvalue weighted by Crippen LogP contribution is -2.06. The summed E-state index contributed by atoms with van der Waals surface area (Å²) in [6, 6.07) is 0. The van der Waals surface area contributed by atoms with Crippen LogP contribution in [-0.2, 0) is 0 Å². The van der Waals surface area contributed by atoms with Gasteiger partial charge in [0.15, 0.2) is 0 Å². The van der Waals surface area contributed by atoms with E-state index in [0.29, 0.717) is 18.9 Å². The van der Waals surface area contributed by atoms with Gasteiger partial charge in [0.2, 0.25) is 0 Å². The summed E-state index contributed by atoms with van der Waals surface area (Å²) in [6.07, 6.45) is 2.70. The molecule has 0 amide bonds. The van der Waals surface area contributed by atoms with Crippen molar-refractivity contribution >= 4 is 11.3 Å². The first-order chi connectivity index (χ1) is 6.33. The van der Waals surface area contributed by atoms with Crippen LogP contribution in [0.5, 0.6) is 0 Å². The second-order valence-electron chi connectivity index (χ2n) is 3.47. The summed E-state index contributed by atoms with van der Waals surface area (Å²) in [6.45, 7) is 0.531. The Balaban J connectivity index is 2.13. The highest BCUT2D eigenvalue weighted by Gasteiger charge is 2.30. The van der Waals surface area contributed by atoms with E-state index in [1.807, 2.05) is 5.51 Å². The second-order valence-corrected chi connectivity index (χ2v) is 4.36. The van der Waals surface area contributed by atoms with E-state index in [0.717, 1.165) is 10.6 Å². The number of rotatable bonds is 4. The van der Waals surface area contributed by atoms with E-state index in [9.17, 15) is 5.11 Å². The summed E-state index contributed by atoms with van der Waals surface area (Å²) in [5.74, 6) is 0.619. The molecule has 1 saturated carbocycles. The highest BCUT2D eigenvalue weighted by atomic mass is 32.1. The van der Waals surface area contributed by atoms with Crippen LogP contribution in [0.25, 0.3) is 0 Å². The third-order valence-electron chi connectivity index (χ3n) is 2.33. The van der Waals surface area contributed by atoms with Crippen molar-refractivity contribution in [2.75, 3.05) is 6.54 Å². The Morgan fingerprint density at radius 3 is 3.08 bits per heavy atom. The molecule has 1 aromatic heterocycles. The van der Waals surface area contributed by atoms with Crippen LogP contribution in [0.3, 0.4) is 0 Å². The molecule has 0 aliphatic heterocycles. The number of thiazole rings is 1. The molecular formula is C9H14N2OS. The Morgan fingerprint density at radius 1 is 1.69 bits per heavy atom. The lowest BCUT2D eigenvalue weighted by Gasteiger charge is -2.07. The van der Waals surface area contributed by atoms with E-state index in [2.05, 4.69) is 4.98 Å². The molecule has 13 heavy (non-hydrogen) atoms. The molecule has 1 atom stereocenters. The first-order valence-electron chi connectivity index (χ1n) is 4.64. The van der Waals surface area contributed by atoms with Gasteiger partial charge in [0.25, 0.3) is 0 Å². The summed E-state index contributed by atoms with van der Waals surface area (Å²) in [7, 11) is 0. The van der Waals surface area contributed by atoms with E-state index in [-0.39, 0.29) is 0 Å². The molecule has 0 spiro atoms. The number of nitrogens with two attached hydrogens (primary N) is 1.